The third-order valence-electron chi connectivity index (χ3n) is 5.76. The van der Waals surface area contributed by atoms with Gasteiger partial charge in [0.2, 0.25) is 0 Å². The third-order valence-corrected chi connectivity index (χ3v) is 5.76. The summed E-state index contributed by atoms with van der Waals surface area (Å²) >= 11 is 0. The van der Waals surface area contributed by atoms with Gasteiger partial charge >= 0.3 is 0 Å². The van der Waals surface area contributed by atoms with E-state index in [1.807, 2.05) is 6.92 Å². The first-order chi connectivity index (χ1) is 11.8. The van der Waals surface area contributed by atoms with Crippen LogP contribution in [-0.4, -0.2) is 6.61 Å². The molecule has 0 unspecified atom stereocenters. The molecule has 0 saturated heterocycles. The minimum Gasteiger partial charge on any atom is -0.494 e. The quantitative estimate of drug-likeness (QED) is 0.390. The Kier molecular flexibility index (Phi) is 9.31. The van der Waals surface area contributed by atoms with Crippen molar-refractivity contribution in [2.45, 2.75) is 90.9 Å². The number of hydrogen-bond acceptors (Lipinski definition) is 1. The Bertz CT molecular complexity index is 414. The average molecular weight is 331 g/mol. The third kappa shape index (κ3) is 7.28. The standard InChI is InChI=1S/C23H38O/c1-3-5-6-7-8-9-20-10-12-21(13-11-20)14-15-22-16-18-23(19-17-22)24-4-2/h16-21H,3-15H2,1-2H3/t20-,21-. The van der Waals surface area contributed by atoms with Gasteiger partial charge < -0.3 is 4.74 Å². The van der Waals surface area contributed by atoms with Gasteiger partial charge in [-0.25, -0.2) is 0 Å². The predicted molar refractivity (Wildman–Crippen MR) is 105 cm³/mol. The fraction of sp³-hybridized carbons (Fsp3) is 0.739. The molecule has 0 radical (unpaired) electrons. The maximum absolute atomic E-state index is 5.52. The molecule has 1 fully saturated rings. The molecule has 2 rings (SSSR count). The number of unbranched alkanes of at least 4 members (excludes halogenated alkanes) is 4. The van der Waals surface area contributed by atoms with Crippen molar-refractivity contribution in [2.24, 2.45) is 11.8 Å². The van der Waals surface area contributed by atoms with E-state index in [2.05, 4.69) is 31.2 Å². The smallest absolute Gasteiger partial charge is 0.119 e. The maximum Gasteiger partial charge on any atom is 0.119 e. The molecular formula is C23H38O. The Labute approximate surface area is 150 Å². The van der Waals surface area contributed by atoms with Crippen molar-refractivity contribution in [2.75, 3.05) is 6.61 Å². The first kappa shape index (κ1) is 19.3. The highest BCUT2D eigenvalue weighted by atomic mass is 16.5. The van der Waals surface area contributed by atoms with Crippen LogP contribution in [0.1, 0.15) is 90.0 Å². The van der Waals surface area contributed by atoms with Crippen LogP contribution in [0.3, 0.4) is 0 Å². The Morgan fingerprint density at radius 2 is 1.42 bits per heavy atom. The Hall–Kier alpha value is -0.980. The Morgan fingerprint density at radius 3 is 2.04 bits per heavy atom. The zero-order valence-corrected chi connectivity index (χ0v) is 16.1. The lowest BCUT2D eigenvalue weighted by Crippen LogP contribution is -2.15. The van der Waals surface area contributed by atoms with E-state index in [-0.39, 0.29) is 0 Å². The van der Waals surface area contributed by atoms with Crippen LogP contribution in [0.5, 0.6) is 5.75 Å². The molecule has 1 saturated carbocycles. The predicted octanol–water partition coefficient (Wildman–Crippen LogP) is 7.18. The molecule has 0 amide bonds. The van der Waals surface area contributed by atoms with E-state index < -0.39 is 0 Å². The molecule has 1 aromatic rings. The molecule has 24 heavy (non-hydrogen) atoms. The van der Waals surface area contributed by atoms with E-state index in [1.165, 1.54) is 82.6 Å². The van der Waals surface area contributed by atoms with Gasteiger partial charge in [-0.1, -0.05) is 83.3 Å². The molecule has 136 valence electrons. The van der Waals surface area contributed by atoms with Crippen molar-refractivity contribution in [1.82, 2.24) is 0 Å². The van der Waals surface area contributed by atoms with Crippen LogP contribution in [0.15, 0.2) is 24.3 Å². The second-order valence-electron chi connectivity index (χ2n) is 7.71. The van der Waals surface area contributed by atoms with Gasteiger partial charge in [-0.05, 0) is 49.3 Å². The summed E-state index contributed by atoms with van der Waals surface area (Å²) < 4.78 is 5.52. The molecule has 1 aliphatic rings. The zero-order valence-electron chi connectivity index (χ0n) is 16.1. The van der Waals surface area contributed by atoms with Crippen LogP contribution >= 0.6 is 0 Å². The topological polar surface area (TPSA) is 9.23 Å². The molecule has 0 bridgehead atoms. The lowest BCUT2D eigenvalue weighted by molar-refractivity contribution is 0.248. The van der Waals surface area contributed by atoms with Crippen LogP contribution in [-0.2, 0) is 6.42 Å². The first-order valence-electron chi connectivity index (χ1n) is 10.5. The molecule has 1 aromatic carbocycles. The summed E-state index contributed by atoms with van der Waals surface area (Å²) in [5.41, 5.74) is 1.47. The number of benzene rings is 1. The van der Waals surface area contributed by atoms with E-state index in [0.29, 0.717) is 0 Å². The van der Waals surface area contributed by atoms with Crippen LogP contribution in [0.25, 0.3) is 0 Å². The monoisotopic (exact) mass is 330 g/mol. The Balaban J connectivity index is 1.57. The van der Waals surface area contributed by atoms with Gasteiger partial charge in [-0.3, -0.25) is 0 Å². The van der Waals surface area contributed by atoms with E-state index in [1.54, 1.807) is 0 Å². The number of aryl methyl sites for hydroxylation is 1. The highest BCUT2D eigenvalue weighted by Gasteiger charge is 2.20. The molecule has 1 heteroatoms. The van der Waals surface area contributed by atoms with Gasteiger partial charge in [-0.2, -0.15) is 0 Å². The summed E-state index contributed by atoms with van der Waals surface area (Å²) in [6.07, 6.45) is 17.2. The number of ether oxygens (including phenoxy) is 1. The minimum absolute atomic E-state index is 0.751. The molecule has 0 N–H and O–H groups in total. The highest BCUT2D eigenvalue weighted by molar-refractivity contribution is 5.27. The second kappa shape index (κ2) is 11.6. The van der Waals surface area contributed by atoms with Crippen molar-refractivity contribution in [3.63, 3.8) is 0 Å². The fourth-order valence-electron chi connectivity index (χ4n) is 4.14. The normalized spacial score (nSPS) is 20.9. The van der Waals surface area contributed by atoms with Crippen LogP contribution in [0, 0.1) is 11.8 Å². The van der Waals surface area contributed by atoms with Gasteiger partial charge in [0, 0.05) is 0 Å². The van der Waals surface area contributed by atoms with Gasteiger partial charge in [-0.15, -0.1) is 0 Å². The number of rotatable bonds is 11. The molecule has 1 aliphatic carbocycles. The molecule has 0 aromatic heterocycles. The van der Waals surface area contributed by atoms with Crippen molar-refractivity contribution < 1.29 is 4.74 Å². The fourth-order valence-corrected chi connectivity index (χ4v) is 4.14. The summed E-state index contributed by atoms with van der Waals surface area (Å²) in [6, 6.07) is 8.72. The summed E-state index contributed by atoms with van der Waals surface area (Å²) in [7, 11) is 0. The van der Waals surface area contributed by atoms with Crippen molar-refractivity contribution in [3.05, 3.63) is 29.8 Å². The van der Waals surface area contributed by atoms with Gasteiger partial charge in [0.05, 0.1) is 6.61 Å². The minimum atomic E-state index is 0.751. The Morgan fingerprint density at radius 1 is 0.792 bits per heavy atom. The van der Waals surface area contributed by atoms with Gasteiger partial charge in [0.15, 0.2) is 0 Å². The average Bonchev–Trinajstić information content (AvgIpc) is 2.62. The van der Waals surface area contributed by atoms with Gasteiger partial charge in [0.25, 0.3) is 0 Å². The lowest BCUT2D eigenvalue weighted by atomic mass is 9.78. The molecule has 0 heterocycles. The molecule has 0 aliphatic heterocycles. The lowest BCUT2D eigenvalue weighted by Gasteiger charge is -2.28. The highest BCUT2D eigenvalue weighted by Crippen LogP contribution is 2.34. The molecule has 1 nitrogen and oxygen atoms in total. The van der Waals surface area contributed by atoms with E-state index in [0.717, 1.165) is 24.2 Å². The largest absolute Gasteiger partial charge is 0.494 e. The van der Waals surface area contributed by atoms with Crippen LogP contribution < -0.4 is 4.74 Å². The van der Waals surface area contributed by atoms with Gasteiger partial charge in [0.1, 0.15) is 5.75 Å². The van der Waals surface area contributed by atoms with E-state index >= 15 is 0 Å². The van der Waals surface area contributed by atoms with Crippen molar-refractivity contribution >= 4 is 0 Å². The van der Waals surface area contributed by atoms with Crippen LogP contribution in [0.4, 0.5) is 0 Å². The SMILES string of the molecule is CCCCCCC[C@H]1CC[C@H](CCc2ccc(OCC)cc2)CC1. The summed E-state index contributed by atoms with van der Waals surface area (Å²) in [6.45, 7) is 5.09. The zero-order chi connectivity index (χ0) is 17.0. The van der Waals surface area contributed by atoms with E-state index in [9.17, 15) is 0 Å². The molecular weight excluding hydrogens is 292 g/mol. The number of hydrogen-bond donors (Lipinski definition) is 0. The first-order valence-corrected chi connectivity index (χ1v) is 10.5. The van der Waals surface area contributed by atoms with E-state index in [4.69, 9.17) is 4.74 Å². The summed E-state index contributed by atoms with van der Waals surface area (Å²) in [5, 5.41) is 0. The summed E-state index contributed by atoms with van der Waals surface area (Å²) in [5.74, 6) is 3.00. The van der Waals surface area contributed by atoms with Crippen LogP contribution in [0.2, 0.25) is 0 Å². The second-order valence-corrected chi connectivity index (χ2v) is 7.71. The molecule has 0 spiro atoms. The van der Waals surface area contributed by atoms with Crippen molar-refractivity contribution in [1.29, 1.82) is 0 Å². The summed E-state index contributed by atoms with van der Waals surface area (Å²) in [4.78, 5) is 0. The maximum atomic E-state index is 5.52. The van der Waals surface area contributed by atoms with Crippen molar-refractivity contribution in [3.8, 4) is 5.75 Å². The molecule has 0 atom stereocenters.